The predicted molar refractivity (Wildman–Crippen MR) is 63.7 cm³/mol. The van der Waals surface area contributed by atoms with Gasteiger partial charge in [-0.3, -0.25) is 0 Å². The first-order valence-electron chi connectivity index (χ1n) is 4.21. The quantitative estimate of drug-likeness (QED) is 0.918. The summed E-state index contributed by atoms with van der Waals surface area (Å²) < 4.78 is 0.786. The third-order valence-electron chi connectivity index (χ3n) is 1.70. The number of nitrogens with zero attached hydrogens (tertiary/aromatic N) is 2. The van der Waals surface area contributed by atoms with Crippen molar-refractivity contribution in [1.82, 2.24) is 10.2 Å². The number of thiophene rings is 1. The van der Waals surface area contributed by atoms with Crippen molar-refractivity contribution in [2.24, 2.45) is 0 Å². The van der Waals surface area contributed by atoms with Gasteiger partial charge in [0.2, 0.25) is 0 Å². The van der Waals surface area contributed by atoms with Crippen LogP contribution in [0, 0.1) is 0 Å². The van der Waals surface area contributed by atoms with Crippen LogP contribution in [0.5, 0.6) is 0 Å². The second kappa shape index (κ2) is 4.79. The number of hydrogen-bond donors (Lipinski definition) is 1. The molecule has 1 N–H and O–H groups in total. The Morgan fingerprint density at radius 3 is 2.60 bits per heavy atom. The summed E-state index contributed by atoms with van der Waals surface area (Å²) >= 11 is 13.0. The van der Waals surface area contributed by atoms with Gasteiger partial charge < -0.3 is 5.32 Å². The lowest BCUT2D eigenvalue weighted by Crippen LogP contribution is -2.00. The van der Waals surface area contributed by atoms with Crippen LogP contribution in [0.2, 0.25) is 9.49 Å². The zero-order valence-corrected chi connectivity index (χ0v) is 9.90. The van der Waals surface area contributed by atoms with Gasteiger partial charge in [0.1, 0.15) is 5.82 Å². The Labute approximate surface area is 101 Å². The smallest absolute Gasteiger partial charge is 0.151 e. The maximum Gasteiger partial charge on any atom is 0.151 e. The van der Waals surface area contributed by atoms with Crippen LogP contribution >= 0.6 is 34.5 Å². The Kier molecular flexibility index (Phi) is 3.41. The van der Waals surface area contributed by atoms with Crippen molar-refractivity contribution in [3.8, 4) is 0 Å². The lowest BCUT2D eigenvalue weighted by molar-refractivity contribution is 1.01. The van der Waals surface area contributed by atoms with Crippen LogP contribution in [0.3, 0.4) is 0 Å². The van der Waals surface area contributed by atoms with Crippen LogP contribution in [-0.4, -0.2) is 10.2 Å². The summed E-state index contributed by atoms with van der Waals surface area (Å²) in [6, 6.07) is 7.32. The molecule has 0 radical (unpaired) electrons. The van der Waals surface area contributed by atoms with Crippen LogP contribution in [0.25, 0.3) is 0 Å². The summed E-state index contributed by atoms with van der Waals surface area (Å²) in [5, 5.41) is 11.1. The number of hydrogen-bond acceptors (Lipinski definition) is 4. The van der Waals surface area contributed by atoms with E-state index in [0.717, 1.165) is 9.21 Å². The van der Waals surface area contributed by atoms with Gasteiger partial charge in [0, 0.05) is 4.88 Å². The van der Waals surface area contributed by atoms with Gasteiger partial charge in [0.25, 0.3) is 0 Å². The number of nitrogens with one attached hydrogen (secondary N) is 1. The van der Waals surface area contributed by atoms with E-state index in [1.807, 2.05) is 12.1 Å². The third kappa shape index (κ3) is 3.06. The number of aromatic nitrogens is 2. The van der Waals surface area contributed by atoms with E-state index in [1.165, 1.54) is 11.3 Å². The molecule has 15 heavy (non-hydrogen) atoms. The van der Waals surface area contributed by atoms with E-state index < -0.39 is 0 Å². The molecule has 6 heteroatoms. The van der Waals surface area contributed by atoms with Crippen molar-refractivity contribution in [2.75, 3.05) is 5.32 Å². The Hall–Kier alpha value is -0.840. The standard InChI is InChI=1S/C9H7Cl2N3S/c10-7-2-4-9(14-13-7)12-5-6-1-3-8(11)15-6/h1-4H,5H2,(H,12,14). The molecule has 0 aliphatic carbocycles. The molecule has 0 spiro atoms. The summed E-state index contributed by atoms with van der Waals surface area (Å²) in [5.41, 5.74) is 0. The van der Waals surface area contributed by atoms with Crippen molar-refractivity contribution < 1.29 is 0 Å². The third-order valence-corrected chi connectivity index (χ3v) is 3.14. The zero-order valence-electron chi connectivity index (χ0n) is 7.58. The van der Waals surface area contributed by atoms with E-state index in [4.69, 9.17) is 23.2 Å². The Balaban J connectivity index is 1.96. The van der Waals surface area contributed by atoms with Crippen LogP contribution in [0.4, 0.5) is 5.82 Å². The maximum atomic E-state index is 5.81. The van der Waals surface area contributed by atoms with Crippen molar-refractivity contribution >= 4 is 40.4 Å². The Bertz CT molecular complexity index is 441. The summed E-state index contributed by atoms with van der Waals surface area (Å²) in [5.74, 6) is 0.698. The molecule has 0 bridgehead atoms. The molecule has 0 aliphatic rings. The minimum Gasteiger partial charge on any atom is -0.364 e. The van der Waals surface area contributed by atoms with Gasteiger partial charge in [0.15, 0.2) is 5.15 Å². The van der Waals surface area contributed by atoms with Crippen LogP contribution in [0.1, 0.15) is 4.88 Å². The molecule has 0 aliphatic heterocycles. The molecule has 0 fully saturated rings. The lowest BCUT2D eigenvalue weighted by atomic mass is 10.4. The van der Waals surface area contributed by atoms with Crippen LogP contribution < -0.4 is 5.32 Å². The van der Waals surface area contributed by atoms with Gasteiger partial charge in [0.05, 0.1) is 10.9 Å². The Morgan fingerprint density at radius 1 is 1.13 bits per heavy atom. The zero-order chi connectivity index (χ0) is 10.7. The molecule has 2 rings (SSSR count). The van der Waals surface area contributed by atoms with Crippen molar-refractivity contribution in [3.63, 3.8) is 0 Å². The van der Waals surface area contributed by atoms with E-state index in [-0.39, 0.29) is 0 Å². The predicted octanol–water partition coefficient (Wildman–Crippen LogP) is 3.46. The molecule has 0 aromatic carbocycles. The van der Waals surface area contributed by atoms with Gasteiger partial charge in [-0.25, -0.2) is 0 Å². The highest BCUT2D eigenvalue weighted by atomic mass is 35.5. The average molecular weight is 260 g/mol. The van der Waals surface area contributed by atoms with E-state index >= 15 is 0 Å². The van der Waals surface area contributed by atoms with E-state index in [9.17, 15) is 0 Å². The largest absolute Gasteiger partial charge is 0.364 e. The van der Waals surface area contributed by atoms with Gasteiger partial charge in [-0.1, -0.05) is 23.2 Å². The molecule has 0 amide bonds. The highest BCUT2D eigenvalue weighted by Crippen LogP contribution is 2.21. The maximum absolute atomic E-state index is 5.81. The number of halogens is 2. The Morgan fingerprint density at radius 2 is 2.00 bits per heavy atom. The molecule has 0 saturated carbocycles. The monoisotopic (exact) mass is 259 g/mol. The van der Waals surface area contributed by atoms with E-state index in [0.29, 0.717) is 17.5 Å². The molecule has 2 aromatic heterocycles. The number of anilines is 1. The molecule has 0 atom stereocenters. The van der Waals surface area contributed by atoms with Gasteiger partial charge >= 0.3 is 0 Å². The fourth-order valence-corrected chi connectivity index (χ4v) is 2.16. The van der Waals surface area contributed by atoms with Gasteiger partial charge in [-0.2, -0.15) is 0 Å². The minimum atomic E-state index is 0.389. The fraction of sp³-hybridized carbons (Fsp3) is 0.111. The van der Waals surface area contributed by atoms with Crippen molar-refractivity contribution in [2.45, 2.75) is 6.54 Å². The van der Waals surface area contributed by atoms with Crippen LogP contribution in [0.15, 0.2) is 24.3 Å². The highest BCUT2D eigenvalue weighted by Gasteiger charge is 1.99. The number of rotatable bonds is 3. The summed E-state index contributed by atoms with van der Waals surface area (Å²) in [6.07, 6.45) is 0. The van der Waals surface area contributed by atoms with Crippen molar-refractivity contribution in [3.05, 3.63) is 38.6 Å². The topological polar surface area (TPSA) is 37.8 Å². The molecule has 78 valence electrons. The molecular formula is C9H7Cl2N3S. The second-order valence-corrected chi connectivity index (χ2v) is 4.99. The molecule has 3 nitrogen and oxygen atoms in total. The average Bonchev–Trinajstić information content (AvgIpc) is 2.64. The summed E-state index contributed by atoms with van der Waals surface area (Å²) in [4.78, 5) is 1.15. The summed E-state index contributed by atoms with van der Waals surface area (Å²) in [6.45, 7) is 0.688. The van der Waals surface area contributed by atoms with E-state index in [2.05, 4.69) is 15.5 Å². The molecular weight excluding hydrogens is 253 g/mol. The first-order valence-corrected chi connectivity index (χ1v) is 5.78. The summed E-state index contributed by atoms with van der Waals surface area (Å²) in [7, 11) is 0. The first kappa shape index (κ1) is 10.7. The van der Waals surface area contributed by atoms with Gasteiger partial charge in [-0.05, 0) is 24.3 Å². The lowest BCUT2D eigenvalue weighted by Gasteiger charge is -2.01. The van der Waals surface area contributed by atoms with Crippen molar-refractivity contribution in [1.29, 1.82) is 0 Å². The van der Waals surface area contributed by atoms with E-state index in [1.54, 1.807) is 12.1 Å². The molecule has 0 saturated heterocycles. The molecule has 0 unspecified atom stereocenters. The molecule has 2 aromatic rings. The molecule has 2 heterocycles. The first-order chi connectivity index (χ1) is 7.24. The van der Waals surface area contributed by atoms with Crippen LogP contribution in [-0.2, 0) is 6.54 Å². The second-order valence-electron chi connectivity index (χ2n) is 2.80. The normalized spacial score (nSPS) is 10.3. The SMILES string of the molecule is Clc1ccc(NCc2ccc(Cl)s2)nn1. The van der Waals surface area contributed by atoms with Gasteiger partial charge in [-0.15, -0.1) is 21.5 Å². The fourth-order valence-electron chi connectivity index (χ4n) is 1.03. The minimum absolute atomic E-state index is 0.389. The highest BCUT2D eigenvalue weighted by molar-refractivity contribution is 7.16.